The summed E-state index contributed by atoms with van der Waals surface area (Å²) >= 11 is 0. The van der Waals surface area contributed by atoms with Gasteiger partial charge in [-0.1, -0.05) is 31.0 Å². The summed E-state index contributed by atoms with van der Waals surface area (Å²) in [5.41, 5.74) is 2.81. The average molecular weight is 514 g/mol. The van der Waals surface area contributed by atoms with E-state index < -0.39 is 6.10 Å². The van der Waals surface area contributed by atoms with Crippen LogP contribution < -0.4 is 15.5 Å². The molecule has 1 aliphatic heterocycles. The molecule has 0 radical (unpaired) electrons. The molecule has 1 atom stereocenters. The van der Waals surface area contributed by atoms with Gasteiger partial charge in [0.2, 0.25) is 0 Å². The number of nitrogens with one attached hydrogen (secondary N) is 2. The number of ether oxygens (including phenoxy) is 1. The van der Waals surface area contributed by atoms with Crippen molar-refractivity contribution in [2.24, 2.45) is 0 Å². The Hall–Kier alpha value is -2.98. The number of nitrogens with zero attached hydrogens (tertiary/aromatic N) is 1. The lowest BCUT2D eigenvalue weighted by atomic mass is 10.1. The minimum absolute atomic E-state index is 0.0337. The number of unbranched alkanes of at least 4 members (excludes halogenated alkanes) is 4. The number of urea groups is 1. The van der Waals surface area contributed by atoms with Gasteiger partial charge in [0, 0.05) is 25.3 Å². The smallest absolute Gasteiger partial charge is 0.329 e. The molecule has 1 saturated heterocycles. The Morgan fingerprint density at radius 1 is 1.00 bits per heavy atom. The number of hydrogen-bond donors (Lipinski definition) is 5. The summed E-state index contributed by atoms with van der Waals surface area (Å²) < 4.78 is 5.75. The molecule has 0 saturated carbocycles. The van der Waals surface area contributed by atoms with E-state index in [1.54, 1.807) is 18.2 Å². The van der Waals surface area contributed by atoms with E-state index in [0.717, 1.165) is 70.3 Å². The van der Waals surface area contributed by atoms with Crippen LogP contribution in [0.3, 0.4) is 0 Å². The van der Waals surface area contributed by atoms with Crippen molar-refractivity contribution in [1.82, 2.24) is 10.6 Å². The maximum absolute atomic E-state index is 11.9. The van der Waals surface area contributed by atoms with Gasteiger partial charge in [-0.2, -0.15) is 0 Å². The second-order valence-corrected chi connectivity index (χ2v) is 9.31. The molecule has 1 heterocycles. The van der Waals surface area contributed by atoms with Crippen LogP contribution in [-0.4, -0.2) is 60.1 Å². The molecule has 0 aliphatic carbocycles. The molecule has 2 aromatic rings. The minimum Gasteiger partial charge on any atom is -0.508 e. The second-order valence-electron chi connectivity index (χ2n) is 9.31. The normalized spacial score (nSPS) is 14.3. The molecule has 9 heteroatoms. The maximum Gasteiger partial charge on any atom is 0.329 e. The number of anilines is 1. The highest BCUT2D eigenvalue weighted by molar-refractivity contribution is 6.19. The second kappa shape index (κ2) is 15.3. The standard InChI is InChI=1S/C28H39N3O6/c32-20-23-17-22(11-12-25(23)33)26(34)18-29-13-4-1-2-5-14-37-15-6-3-8-21-9-7-10-24(16-21)31-27(35)19-30-28(31)36/h7,9-12,16-17,26,29,32-34H,1-6,8,13-15,18-20H2,(H,30,36)/t26-/m1/s1. The van der Waals surface area contributed by atoms with E-state index in [0.29, 0.717) is 23.4 Å². The van der Waals surface area contributed by atoms with Crippen LogP contribution in [0.4, 0.5) is 10.5 Å². The number of amides is 3. The zero-order valence-electron chi connectivity index (χ0n) is 21.3. The van der Waals surface area contributed by atoms with Gasteiger partial charge < -0.3 is 30.7 Å². The Morgan fingerprint density at radius 2 is 1.78 bits per heavy atom. The summed E-state index contributed by atoms with van der Waals surface area (Å²) in [7, 11) is 0. The number of benzene rings is 2. The zero-order chi connectivity index (χ0) is 26.5. The van der Waals surface area contributed by atoms with Crippen LogP contribution in [-0.2, 0) is 22.6 Å². The number of aromatic hydroxyl groups is 1. The van der Waals surface area contributed by atoms with Gasteiger partial charge in [-0.05, 0) is 74.0 Å². The summed E-state index contributed by atoms with van der Waals surface area (Å²) in [5, 5.41) is 34.9. The van der Waals surface area contributed by atoms with Gasteiger partial charge in [0.25, 0.3) is 5.91 Å². The molecule has 3 amide bonds. The highest BCUT2D eigenvalue weighted by atomic mass is 16.5. The first-order valence-corrected chi connectivity index (χ1v) is 13.1. The molecule has 202 valence electrons. The first kappa shape index (κ1) is 28.6. The Labute approximate surface area is 218 Å². The molecule has 37 heavy (non-hydrogen) atoms. The molecule has 1 fully saturated rings. The summed E-state index contributed by atoms with van der Waals surface area (Å²) in [5.74, 6) is -0.194. The Kier molecular flexibility index (Phi) is 11.8. The molecule has 3 rings (SSSR count). The molecule has 0 bridgehead atoms. The van der Waals surface area contributed by atoms with Gasteiger partial charge >= 0.3 is 6.03 Å². The maximum atomic E-state index is 11.9. The number of imide groups is 1. The van der Waals surface area contributed by atoms with Crippen LogP contribution in [0.5, 0.6) is 5.75 Å². The van der Waals surface area contributed by atoms with Crippen LogP contribution >= 0.6 is 0 Å². The van der Waals surface area contributed by atoms with Crippen LogP contribution in [0.25, 0.3) is 0 Å². The van der Waals surface area contributed by atoms with Crippen molar-refractivity contribution in [3.63, 3.8) is 0 Å². The van der Waals surface area contributed by atoms with Gasteiger partial charge in [-0.15, -0.1) is 0 Å². The quantitative estimate of drug-likeness (QED) is 0.162. The molecular weight excluding hydrogens is 474 g/mol. The summed E-state index contributed by atoms with van der Waals surface area (Å²) in [6.45, 7) is 2.51. The van der Waals surface area contributed by atoms with E-state index in [4.69, 9.17) is 4.74 Å². The van der Waals surface area contributed by atoms with Crippen LogP contribution in [0.15, 0.2) is 42.5 Å². The number of aliphatic hydroxyl groups excluding tert-OH is 2. The van der Waals surface area contributed by atoms with Gasteiger partial charge in [0.1, 0.15) is 5.75 Å². The van der Waals surface area contributed by atoms with E-state index in [9.17, 15) is 24.9 Å². The Bertz CT molecular complexity index is 999. The molecular formula is C28H39N3O6. The number of rotatable bonds is 17. The van der Waals surface area contributed by atoms with E-state index in [-0.39, 0.29) is 30.8 Å². The van der Waals surface area contributed by atoms with Crippen LogP contribution in [0, 0.1) is 0 Å². The fraction of sp³-hybridized carbons (Fsp3) is 0.500. The minimum atomic E-state index is -0.681. The third-order valence-electron chi connectivity index (χ3n) is 6.40. The van der Waals surface area contributed by atoms with Crippen LogP contribution in [0.1, 0.15) is 61.3 Å². The summed E-state index contributed by atoms with van der Waals surface area (Å²) in [6, 6.07) is 12.0. The fourth-order valence-corrected chi connectivity index (χ4v) is 4.27. The highest BCUT2D eigenvalue weighted by Crippen LogP contribution is 2.22. The number of phenols is 1. The van der Waals surface area contributed by atoms with Gasteiger partial charge in [-0.25, -0.2) is 9.69 Å². The van der Waals surface area contributed by atoms with Gasteiger partial charge in [0.15, 0.2) is 0 Å². The van der Waals surface area contributed by atoms with E-state index in [2.05, 4.69) is 10.6 Å². The largest absolute Gasteiger partial charge is 0.508 e. The van der Waals surface area contributed by atoms with Crippen molar-refractivity contribution in [2.45, 2.75) is 57.7 Å². The summed E-state index contributed by atoms with van der Waals surface area (Å²) in [4.78, 5) is 24.9. The molecule has 0 unspecified atom stereocenters. The highest BCUT2D eigenvalue weighted by Gasteiger charge is 2.29. The third-order valence-corrected chi connectivity index (χ3v) is 6.40. The molecule has 1 aliphatic rings. The summed E-state index contributed by atoms with van der Waals surface area (Å²) in [6.07, 6.45) is 6.36. The lowest BCUT2D eigenvalue weighted by Gasteiger charge is -2.14. The monoisotopic (exact) mass is 513 g/mol. The number of carbonyl (C=O) groups excluding carboxylic acids is 2. The van der Waals surface area contributed by atoms with Crippen molar-refractivity contribution in [1.29, 1.82) is 0 Å². The van der Waals surface area contributed by atoms with Crippen LogP contribution in [0.2, 0.25) is 0 Å². The number of hydrogen-bond acceptors (Lipinski definition) is 7. The Balaban J connectivity index is 1.16. The van der Waals surface area contributed by atoms with E-state index in [1.165, 1.54) is 11.0 Å². The topological polar surface area (TPSA) is 131 Å². The van der Waals surface area contributed by atoms with Gasteiger partial charge in [0.05, 0.1) is 24.9 Å². The van der Waals surface area contributed by atoms with Gasteiger partial charge in [-0.3, -0.25) is 4.79 Å². The number of carbonyl (C=O) groups is 2. The molecule has 2 aromatic carbocycles. The Morgan fingerprint density at radius 3 is 2.54 bits per heavy atom. The molecule has 0 aromatic heterocycles. The van der Waals surface area contributed by atoms with Crippen molar-refractivity contribution < 1.29 is 29.6 Å². The fourth-order valence-electron chi connectivity index (χ4n) is 4.27. The predicted octanol–water partition coefficient (Wildman–Crippen LogP) is 3.16. The average Bonchev–Trinajstić information content (AvgIpc) is 3.24. The molecule has 5 N–H and O–H groups in total. The number of aryl methyl sites for hydroxylation is 1. The lowest BCUT2D eigenvalue weighted by Crippen LogP contribution is -2.30. The van der Waals surface area contributed by atoms with Crippen molar-refractivity contribution in [2.75, 3.05) is 37.7 Å². The van der Waals surface area contributed by atoms with Crippen molar-refractivity contribution >= 4 is 17.6 Å². The van der Waals surface area contributed by atoms with E-state index in [1.807, 2.05) is 18.2 Å². The molecule has 9 nitrogen and oxygen atoms in total. The number of aliphatic hydroxyl groups is 2. The zero-order valence-corrected chi connectivity index (χ0v) is 21.3. The third kappa shape index (κ3) is 9.12. The SMILES string of the molecule is O=C1CNC(=O)N1c1cccc(CCCCOCCCCCCNC[C@@H](O)c2ccc(O)c(CO)c2)c1. The first-order chi connectivity index (χ1) is 18.0. The van der Waals surface area contributed by atoms with E-state index >= 15 is 0 Å². The molecule has 0 spiro atoms. The van der Waals surface area contributed by atoms with Crippen molar-refractivity contribution in [3.05, 3.63) is 59.2 Å². The first-order valence-electron chi connectivity index (χ1n) is 13.1. The lowest BCUT2D eigenvalue weighted by molar-refractivity contribution is -0.115. The predicted molar refractivity (Wildman–Crippen MR) is 141 cm³/mol. The van der Waals surface area contributed by atoms with Crippen molar-refractivity contribution in [3.8, 4) is 5.75 Å².